The number of carbonyl (C=O) groups is 3. The van der Waals surface area contributed by atoms with Crippen molar-refractivity contribution in [3.8, 4) is 10.6 Å². The van der Waals surface area contributed by atoms with Crippen LogP contribution in [-0.4, -0.2) is 28.9 Å². The van der Waals surface area contributed by atoms with Gasteiger partial charge in [0.25, 0.3) is 5.91 Å². The number of hydrogen-bond acceptors (Lipinski definition) is 6. The number of primary amides is 1. The lowest BCUT2D eigenvalue weighted by atomic mass is 10.2. The van der Waals surface area contributed by atoms with Crippen molar-refractivity contribution in [2.24, 2.45) is 5.73 Å². The molecule has 148 valence electrons. The Hall–Kier alpha value is -3.52. The topological polar surface area (TPSA) is 111 Å². The van der Waals surface area contributed by atoms with Crippen molar-refractivity contribution in [3.63, 3.8) is 0 Å². The Labute approximate surface area is 171 Å². The van der Waals surface area contributed by atoms with Crippen LogP contribution in [0.25, 0.3) is 10.6 Å². The van der Waals surface area contributed by atoms with Gasteiger partial charge in [0.15, 0.2) is 6.10 Å². The number of aromatic nitrogens is 1. The molecule has 0 aliphatic carbocycles. The standard InChI is InChI=1S/C21H19N3O4S/c1-12-17(29-20(23-12)15-6-4-3-5-7-15)21(27)28-13(2)19(26)24-16-10-8-14(9-11-16)18(22)25/h3-11,13H,1-2H3,(H2,22,25)(H,24,26). The summed E-state index contributed by atoms with van der Waals surface area (Å²) >= 11 is 1.22. The van der Waals surface area contributed by atoms with E-state index < -0.39 is 23.9 Å². The van der Waals surface area contributed by atoms with Crippen LogP contribution in [0.1, 0.15) is 32.6 Å². The second-order valence-corrected chi connectivity index (χ2v) is 7.28. The van der Waals surface area contributed by atoms with Gasteiger partial charge in [0.1, 0.15) is 9.88 Å². The second kappa shape index (κ2) is 8.66. The quantitative estimate of drug-likeness (QED) is 0.606. The molecule has 2 aromatic carbocycles. The fourth-order valence-corrected chi connectivity index (χ4v) is 3.47. The zero-order valence-electron chi connectivity index (χ0n) is 15.8. The number of hydrogen-bond donors (Lipinski definition) is 2. The number of nitrogens with two attached hydrogens (primary N) is 1. The van der Waals surface area contributed by atoms with Gasteiger partial charge in [0.05, 0.1) is 5.69 Å². The van der Waals surface area contributed by atoms with Crippen LogP contribution in [0.3, 0.4) is 0 Å². The van der Waals surface area contributed by atoms with Gasteiger partial charge in [-0.2, -0.15) is 0 Å². The van der Waals surface area contributed by atoms with Gasteiger partial charge < -0.3 is 15.8 Å². The third kappa shape index (κ3) is 4.85. The van der Waals surface area contributed by atoms with Gasteiger partial charge in [0, 0.05) is 16.8 Å². The summed E-state index contributed by atoms with van der Waals surface area (Å²) in [4.78, 5) is 40.7. The minimum absolute atomic E-state index is 0.331. The van der Waals surface area contributed by atoms with Crippen LogP contribution >= 0.6 is 11.3 Å². The number of benzene rings is 2. The van der Waals surface area contributed by atoms with Gasteiger partial charge in [-0.3, -0.25) is 9.59 Å². The molecule has 7 nitrogen and oxygen atoms in total. The van der Waals surface area contributed by atoms with Crippen molar-refractivity contribution < 1.29 is 19.1 Å². The lowest BCUT2D eigenvalue weighted by Crippen LogP contribution is -2.30. The van der Waals surface area contributed by atoms with Crippen LogP contribution in [0.5, 0.6) is 0 Å². The molecule has 1 heterocycles. The molecule has 1 aromatic heterocycles. The van der Waals surface area contributed by atoms with Crippen molar-refractivity contribution in [1.82, 2.24) is 4.98 Å². The predicted molar refractivity (Wildman–Crippen MR) is 111 cm³/mol. The van der Waals surface area contributed by atoms with E-state index in [-0.39, 0.29) is 0 Å². The van der Waals surface area contributed by atoms with E-state index in [1.165, 1.54) is 30.4 Å². The van der Waals surface area contributed by atoms with Crippen molar-refractivity contribution >= 4 is 34.8 Å². The van der Waals surface area contributed by atoms with E-state index in [9.17, 15) is 14.4 Å². The van der Waals surface area contributed by atoms with E-state index in [1.807, 2.05) is 30.3 Å². The summed E-state index contributed by atoms with van der Waals surface area (Å²) in [5.74, 6) is -1.65. The van der Waals surface area contributed by atoms with Crippen LogP contribution in [-0.2, 0) is 9.53 Å². The first-order chi connectivity index (χ1) is 13.8. The molecule has 1 unspecified atom stereocenters. The number of aryl methyl sites for hydroxylation is 1. The molecular weight excluding hydrogens is 390 g/mol. The average Bonchev–Trinajstić information content (AvgIpc) is 3.11. The number of rotatable bonds is 6. The molecule has 0 aliphatic heterocycles. The largest absolute Gasteiger partial charge is 0.448 e. The first kappa shape index (κ1) is 20.2. The number of nitrogens with one attached hydrogen (secondary N) is 1. The molecule has 0 fully saturated rings. The molecule has 0 saturated heterocycles. The monoisotopic (exact) mass is 409 g/mol. The molecule has 0 aliphatic rings. The summed E-state index contributed by atoms with van der Waals surface area (Å²) in [6.07, 6.45) is -1.01. The third-order valence-electron chi connectivity index (χ3n) is 4.09. The number of carbonyl (C=O) groups excluding carboxylic acids is 3. The van der Waals surface area contributed by atoms with Crippen molar-refractivity contribution in [3.05, 3.63) is 70.7 Å². The highest BCUT2D eigenvalue weighted by atomic mass is 32.1. The predicted octanol–water partition coefficient (Wildman–Crippen LogP) is 3.40. The molecule has 0 bridgehead atoms. The second-order valence-electron chi connectivity index (χ2n) is 6.28. The number of thiazole rings is 1. The van der Waals surface area contributed by atoms with E-state index in [2.05, 4.69) is 10.3 Å². The minimum Gasteiger partial charge on any atom is -0.448 e. The Morgan fingerprint density at radius 1 is 1.07 bits per heavy atom. The van der Waals surface area contributed by atoms with Gasteiger partial charge in [0.2, 0.25) is 5.91 Å². The molecule has 3 rings (SSSR count). The Morgan fingerprint density at radius 3 is 2.34 bits per heavy atom. The van der Waals surface area contributed by atoms with Gasteiger partial charge >= 0.3 is 5.97 Å². The summed E-state index contributed by atoms with van der Waals surface area (Å²) in [5, 5.41) is 3.34. The molecule has 3 N–H and O–H groups in total. The number of anilines is 1. The molecular formula is C21H19N3O4S. The first-order valence-electron chi connectivity index (χ1n) is 8.79. The Kier molecular flexibility index (Phi) is 6.04. The maximum absolute atomic E-state index is 12.5. The summed E-state index contributed by atoms with van der Waals surface area (Å²) in [6, 6.07) is 15.6. The number of esters is 1. The van der Waals surface area contributed by atoms with E-state index in [1.54, 1.807) is 19.1 Å². The fourth-order valence-electron chi connectivity index (χ4n) is 2.52. The first-order valence-corrected chi connectivity index (χ1v) is 9.61. The van der Waals surface area contributed by atoms with Crippen LogP contribution in [0.2, 0.25) is 0 Å². The van der Waals surface area contributed by atoms with Gasteiger partial charge in [-0.1, -0.05) is 30.3 Å². The summed E-state index contributed by atoms with van der Waals surface area (Å²) in [7, 11) is 0. The Balaban J connectivity index is 1.65. The zero-order chi connectivity index (χ0) is 21.0. The fraction of sp³-hybridized carbons (Fsp3) is 0.143. The molecule has 3 aromatic rings. The Bertz CT molecular complexity index is 1050. The minimum atomic E-state index is -1.01. The molecule has 8 heteroatoms. The SMILES string of the molecule is Cc1nc(-c2ccccc2)sc1C(=O)OC(C)C(=O)Nc1ccc(C(N)=O)cc1. The number of ether oxygens (including phenoxy) is 1. The normalized spacial score (nSPS) is 11.5. The van der Waals surface area contributed by atoms with Gasteiger partial charge in [-0.05, 0) is 38.1 Å². The highest BCUT2D eigenvalue weighted by molar-refractivity contribution is 7.17. The highest BCUT2D eigenvalue weighted by Gasteiger charge is 2.23. The Morgan fingerprint density at radius 2 is 1.72 bits per heavy atom. The number of amides is 2. The third-order valence-corrected chi connectivity index (χ3v) is 5.28. The van der Waals surface area contributed by atoms with Crippen molar-refractivity contribution in [2.75, 3.05) is 5.32 Å². The van der Waals surface area contributed by atoms with E-state index in [0.717, 1.165) is 5.56 Å². The zero-order valence-corrected chi connectivity index (χ0v) is 16.7. The molecule has 1 atom stereocenters. The molecule has 0 saturated carbocycles. The van der Waals surface area contributed by atoms with Crippen LogP contribution in [0.15, 0.2) is 54.6 Å². The van der Waals surface area contributed by atoms with Crippen LogP contribution in [0, 0.1) is 6.92 Å². The maximum atomic E-state index is 12.5. The van der Waals surface area contributed by atoms with Gasteiger partial charge in [-0.15, -0.1) is 11.3 Å². The lowest BCUT2D eigenvalue weighted by molar-refractivity contribution is -0.123. The summed E-state index contributed by atoms with van der Waals surface area (Å²) < 4.78 is 5.31. The number of nitrogens with zero attached hydrogens (tertiary/aromatic N) is 1. The molecule has 0 spiro atoms. The van der Waals surface area contributed by atoms with E-state index in [0.29, 0.717) is 26.8 Å². The molecule has 29 heavy (non-hydrogen) atoms. The van der Waals surface area contributed by atoms with Crippen LogP contribution < -0.4 is 11.1 Å². The van der Waals surface area contributed by atoms with Crippen LogP contribution in [0.4, 0.5) is 5.69 Å². The van der Waals surface area contributed by atoms with E-state index >= 15 is 0 Å². The van der Waals surface area contributed by atoms with Gasteiger partial charge in [-0.25, -0.2) is 9.78 Å². The smallest absolute Gasteiger partial charge is 0.351 e. The lowest BCUT2D eigenvalue weighted by Gasteiger charge is -2.13. The molecule has 2 amide bonds. The molecule has 0 radical (unpaired) electrons. The summed E-state index contributed by atoms with van der Waals surface area (Å²) in [5.41, 5.74) is 7.44. The van der Waals surface area contributed by atoms with Crippen molar-refractivity contribution in [2.45, 2.75) is 20.0 Å². The van der Waals surface area contributed by atoms with Crippen molar-refractivity contribution in [1.29, 1.82) is 0 Å². The highest BCUT2D eigenvalue weighted by Crippen LogP contribution is 2.28. The maximum Gasteiger partial charge on any atom is 0.351 e. The van der Waals surface area contributed by atoms with E-state index in [4.69, 9.17) is 10.5 Å². The summed E-state index contributed by atoms with van der Waals surface area (Å²) in [6.45, 7) is 3.21. The average molecular weight is 409 g/mol.